The molecule has 0 saturated carbocycles. The van der Waals surface area contributed by atoms with Crippen molar-refractivity contribution in [1.82, 2.24) is 4.90 Å². The van der Waals surface area contributed by atoms with E-state index in [9.17, 15) is 18.0 Å². The fourth-order valence-corrected chi connectivity index (χ4v) is 3.18. The van der Waals surface area contributed by atoms with Gasteiger partial charge in [-0.1, -0.05) is 31.1 Å². The van der Waals surface area contributed by atoms with Crippen molar-refractivity contribution in [2.24, 2.45) is 16.8 Å². The first-order chi connectivity index (χ1) is 13.1. The Labute approximate surface area is 163 Å². The SMILES string of the molecule is CC(C)C[C@H](N)CC(=O)N1CCC(=NOCc2cccc(C(F)(F)F)c2)CC1. The van der Waals surface area contributed by atoms with E-state index < -0.39 is 11.7 Å². The largest absolute Gasteiger partial charge is 0.416 e. The molecule has 2 rings (SSSR count). The summed E-state index contributed by atoms with van der Waals surface area (Å²) in [5, 5.41) is 4.04. The van der Waals surface area contributed by atoms with Crippen LogP contribution in [0.4, 0.5) is 13.2 Å². The number of piperidine rings is 1. The highest BCUT2D eigenvalue weighted by Gasteiger charge is 2.30. The van der Waals surface area contributed by atoms with Gasteiger partial charge in [-0.2, -0.15) is 13.2 Å². The van der Waals surface area contributed by atoms with Gasteiger partial charge in [-0.05, 0) is 30.0 Å². The van der Waals surface area contributed by atoms with Crippen LogP contribution in [0.2, 0.25) is 0 Å². The second-order valence-corrected chi connectivity index (χ2v) is 7.60. The fraction of sp³-hybridized carbons (Fsp3) is 0.600. The summed E-state index contributed by atoms with van der Waals surface area (Å²) in [6.07, 6.45) is -2.03. The summed E-state index contributed by atoms with van der Waals surface area (Å²) in [6.45, 7) is 5.23. The number of likely N-dealkylation sites (tertiary alicyclic amines) is 1. The lowest BCUT2D eigenvalue weighted by Gasteiger charge is -2.28. The molecule has 28 heavy (non-hydrogen) atoms. The van der Waals surface area contributed by atoms with Crippen molar-refractivity contribution in [1.29, 1.82) is 0 Å². The summed E-state index contributed by atoms with van der Waals surface area (Å²) in [6, 6.07) is 4.87. The van der Waals surface area contributed by atoms with E-state index >= 15 is 0 Å². The molecule has 0 aromatic heterocycles. The minimum atomic E-state index is -4.38. The molecule has 1 atom stereocenters. The van der Waals surface area contributed by atoms with Crippen LogP contribution in [0.5, 0.6) is 0 Å². The zero-order chi connectivity index (χ0) is 20.7. The highest BCUT2D eigenvalue weighted by atomic mass is 19.4. The first-order valence-corrected chi connectivity index (χ1v) is 9.52. The van der Waals surface area contributed by atoms with Crippen LogP contribution in [-0.2, 0) is 22.4 Å². The van der Waals surface area contributed by atoms with E-state index in [2.05, 4.69) is 19.0 Å². The van der Waals surface area contributed by atoms with Crippen LogP contribution in [0.1, 0.15) is 50.7 Å². The minimum Gasteiger partial charge on any atom is -0.391 e. The van der Waals surface area contributed by atoms with E-state index in [1.807, 2.05) is 0 Å². The minimum absolute atomic E-state index is 0.0277. The van der Waals surface area contributed by atoms with Crippen molar-refractivity contribution in [2.75, 3.05) is 13.1 Å². The number of oxime groups is 1. The number of carbonyl (C=O) groups excluding carboxylic acids is 1. The van der Waals surface area contributed by atoms with E-state index in [4.69, 9.17) is 10.6 Å². The summed E-state index contributed by atoms with van der Waals surface area (Å²) in [5.74, 6) is 0.508. The average molecular weight is 399 g/mol. The Hall–Kier alpha value is -2.09. The summed E-state index contributed by atoms with van der Waals surface area (Å²) < 4.78 is 38.1. The third-order valence-electron chi connectivity index (χ3n) is 4.58. The quantitative estimate of drug-likeness (QED) is 0.706. The molecule has 1 aliphatic heterocycles. The lowest BCUT2D eigenvalue weighted by molar-refractivity contribution is -0.137. The predicted molar refractivity (Wildman–Crippen MR) is 102 cm³/mol. The van der Waals surface area contributed by atoms with Crippen LogP contribution in [0.15, 0.2) is 29.4 Å². The number of amides is 1. The van der Waals surface area contributed by atoms with Gasteiger partial charge in [-0.25, -0.2) is 0 Å². The number of nitrogens with zero attached hydrogens (tertiary/aromatic N) is 2. The maximum absolute atomic E-state index is 12.7. The molecule has 1 aromatic rings. The van der Waals surface area contributed by atoms with Crippen LogP contribution in [0.25, 0.3) is 0 Å². The van der Waals surface area contributed by atoms with Gasteiger partial charge in [0.15, 0.2) is 0 Å². The van der Waals surface area contributed by atoms with Gasteiger partial charge in [0.05, 0.1) is 11.3 Å². The van der Waals surface area contributed by atoms with Crippen molar-refractivity contribution >= 4 is 11.6 Å². The van der Waals surface area contributed by atoms with Gasteiger partial charge < -0.3 is 15.5 Å². The number of hydrogen-bond acceptors (Lipinski definition) is 4. The maximum atomic E-state index is 12.7. The number of alkyl halides is 3. The van der Waals surface area contributed by atoms with Crippen LogP contribution in [0, 0.1) is 5.92 Å². The second kappa shape index (κ2) is 9.91. The van der Waals surface area contributed by atoms with Gasteiger partial charge in [0.1, 0.15) is 6.61 Å². The second-order valence-electron chi connectivity index (χ2n) is 7.60. The molecule has 1 fully saturated rings. The van der Waals surface area contributed by atoms with E-state index in [0.717, 1.165) is 24.3 Å². The Balaban J connectivity index is 1.77. The topological polar surface area (TPSA) is 67.9 Å². The lowest BCUT2D eigenvalue weighted by Crippen LogP contribution is -2.41. The standard InChI is InChI=1S/C20H28F3N3O2/c1-14(2)10-17(24)12-19(27)26-8-6-18(7-9-26)25-28-13-15-4-3-5-16(11-15)20(21,22)23/h3-5,11,14,17H,6-10,12-13,24H2,1-2H3/t17-/m0/s1. The van der Waals surface area contributed by atoms with E-state index in [1.165, 1.54) is 6.07 Å². The smallest absolute Gasteiger partial charge is 0.391 e. The van der Waals surface area contributed by atoms with E-state index in [0.29, 0.717) is 43.8 Å². The van der Waals surface area contributed by atoms with Gasteiger partial charge in [-0.3, -0.25) is 4.79 Å². The van der Waals surface area contributed by atoms with E-state index in [-0.39, 0.29) is 18.6 Å². The number of halogens is 3. The molecule has 5 nitrogen and oxygen atoms in total. The van der Waals surface area contributed by atoms with Crippen molar-refractivity contribution < 1.29 is 22.8 Å². The highest BCUT2D eigenvalue weighted by Crippen LogP contribution is 2.29. The van der Waals surface area contributed by atoms with Crippen LogP contribution >= 0.6 is 0 Å². The van der Waals surface area contributed by atoms with Crippen LogP contribution in [0.3, 0.4) is 0 Å². The molecule has 8 heteroatoms. The van der Waals surface area contributed by atoms with Crippen molar-refractivity contribution in [3.8, 4) is 0 Å². The molecule has 1 aliphatic rings. The van der Waals surface area contributed by atoms with Crippen LogP contribution < -0.4 is 5.73 Å². The molecule has 156 valence electrons. The van der Waals surface area contributed by atoms with Gasteiger partial charge in [0.25, 0.3) is 0 Å². The van der Waals surface area contributed by atoms with E-state index in [1.54, 1.807) is 11.0 Å². The summed E-state index contributed by atoms with van der Waals surface area (Å²) in [4.78, 5) is 19.3. The predicted octanol–water partition coefficient (Wildman–Crippen LogP) is 3.96. The molecule has 0 spiro atoms. The zero-order valence-corrected chi connectivity index (χ0v) is 16.3. The number of benzene rings is 1. The third-order valence-corrected chi connectivity index (χ3v) is 4.58. The molecule has 1 heterocycles. The Morgan fingerprint density at radius 1 is 1.29 bits per heavy atom. The van der Waals surface area contributed by atoms with Gasteiger partial charge in [0.2, 0.25) is 5.91 Å². The molecule has 0 unspecified atom stereocenters. The molecule has 0 radical (unpaired) electrons. The normalized spacial score (nSPS) is 16.2. The molecule has 0 bridgehead atoms. The van der Waals surface area contributed by atoms with Gasteiger partial charge in [0, 0.05) is 38.4 Å². The Morgan fingerprint density at radius 2 is 1.96 bits per heavy atom. The number of hydrogen-bond donors (Lipinski definition) is 1. The molecule has 1 saturated heterocycles. The highest BCUT2D eigenvalue weighted by molar-refractivity contribution is 5.87. The third kappa shape index (κ3) is 7.14. The summed E-state index contributed by atoms with van der Waals surface area (Å²) in [5.41, 5.74) is 6.52. The Bertz CT molecular complexity index is 680. The average Bonchev–Trinajstić information content (AvgIpc) is 2.61. The summed E-state index contributed by atoms with van der Waals surface area (Å²) >= 11 is 0. The molecule has 2 N–H and O–H groups in total. The van der Waals surface area contributed by atoms with Crippen molar-refractivity contribution in [2.45, 2.75) is 58.4 Å². The van der Waals surface area contributed by atoms with Crippen molar-refractivity contribution in [3.63, 3.8) is 0 Å². The number of carbonyl (C=O) groups is 1. The number of rotatable bonds is 7. The Kier molecular flexibility index (Phi) is 7.86. The molecule has 0 aliphatic carbocycles. The maximum Gasteiger partial charge on any atom is 0.416 e. The Morgan fingerprint density at radius 3 is 2.57 bits per heavy atom. The molecule has 1 aromatic carbocycles. The van der Waals surface area contributed by atoms with Crippen LogP contribution in [-0.4, -0.2) is 35.7 Å². The molecular formula is C20H28F3N3O2. The molecule has 1 amide bonds. The first-order valence-electron chi connectivity index (χ1n) is 9.52. The lowest BCUT2D eigenvalue weighted by atomic mass is 10.0. The summed E-state index contributed by atoms with van der Waals surface area (Å²) in [7, 11) is 0. The molecular weight excluding hydrogens is 371 g/mol. The zero-order valence-electron chi connectivity index (χ0n) is 16.3. The monoisotopic (exact) mass is 399 g/mol. The van der Waals surface area contributed by atoms with Gasteiger partial charge in [-0.15, -0.1) is 0 Å². The number of nitrogens with two attached hydrogens (primary N) is 1. The van der Waals surface area contributed by atoms with Gasteiger partial charge >= 0.3 is 6.18 Å². The van der Waals surface area contributed by atoms with Crippen molar-refractivity contribution in [3.05, 3.63) is 35.4 Å². The fourth-order valence-electron chi connectivity index (χ4n) is 3.18. The first kappa shape index (κ1) is 22.2.